The molecule has 1 fully saturated rings. The first kappa shape index (κ1) is 14.4. The molecule has 0 atom stereocenters. The first-order valence-corrected chi connectivity index (χ1v) is 8.55. The van der Waals surface area contributed by atoms with Crippen molar-refractivity contribution in [3.8, 4) is 11.3 Å². The zero-order valence-electron chi connectivity index (χ0n) is 13.8. The Kier molecular flexibility index (Phi) is 3.60. The van der Waals surface area contributed by atoms with Crippen LogP contribution < -0.4 is 0 Å². The van der Waals surface area contributed by atoms with Gasteiger partial charge in [-0.3, -0.25) is 4.98 Å². The van der Waals surface area contributed by atoms with Crippen molar-refractivity contribution in [1.29, 1.82) is 0 Å². The summed E-state index contributed by atoms with van der Waals surface area (Å²) in [6.07, 6.45) is 7.21. The van der Waals surface area contributed by atoms with Gasteiger partial charge in [0.05, 0.1) is 22.9 Å². The maximum absolute atomic E-state index is 4.90. The first-order chi connectivity index (χ1) is 11.2. The molecule has 0 spiro atoms. The Morgan fingerprint density at radius 3 is 2.43 bits per heavy atom. The van der Waals surface area contributed by atoms with Crippen molar-refractivity contribution >= 4 is 11.0 Å². The fourth-order valence-electron chi connectivity index (χ4n) is 3.89. The summed E-state index contributed by atoms with van der Waals surface area (Å²) in [4.78, 5) is 9.70. The molecule has 1 aliphatic carbocycles. The SMILES string of the molecule is Cc1cc(C)cc(-c2cnc3c(C4CCCC4)cccc3n2)c1. The molecule has 4 rings (SSSR count). The van der Waals surface area contributed by atoms with Crippen LogP contribution in [0.15, 0.2) is 42.6 Å². The van der Waals surface area contributed by atoms with E-state index < -0.39 is 0 Å². The topological polar surface area (TPSA) is 25.8 Å². The molecule has 1 heterocycles. The Labute approximate surface area is 137 Å². The summed E-state index contributed by atoms with van der Waals surface area (Å²) in [7, 11) is 0. The van der Waals surface area contributed by atoms with Crippen molar-refractivity contribution in [3.63, 3.8) is 0 Å². The molecule has 0 radical (unpaired) electrons. The minimum Gasteiger partial charge on any atom is -0.252 e. The minimum atomic E-state index is 0.667. The molecule has 2 nitrogen and oxygen atoms in total. The smallest absolute Gasteiger partial charge is 0.0922 e. The quantitative estimate of drug-likeness (QED) is 0.618. The van der Waals surface area contributed by atoms with Crippen LogP contribution in [0.25, 0.3) is 22.3 Å². The Morgan fingerprint density at radius 1 is 0.957 bits per heavy atom. The monoisotopic (exact) mass is 302 g/mol. The van der Waals surface area contributed by atoms with Gasteiger partial charge in [0, 0.05) is 5.56 Å². The van der Waals surface area contributed by atoms with E-state index in [0.29, 0.717) is 5.92 Å². The third-order valence-corrected chi connectivity index (χ3v) is 4.92. The van der Waals surface area contributed by atoms with Crippen molar-refractivity contribution in [2.75, 3.05) is 0 Å². The second kappa shape index (κ2) is 5.77. The maximum Gasteiger partial charge on any atom is 0.0922 e. The molecule has 0 N–H and O–H groups in total. The lowest BCUT2D eigenvalue weighted by Gasteiger charge is -2.12. The minimum absolute atomic E-state index is 0.667. The molecule has 116 valence electrons. The van der Waals surface area contributed by atoms with Crippen molar-refractivity contribution in [3.05, 3.63) is 59.3 Å². The van der Waals surface area contributed by atoms with Gasteiger partial charge in [0.25, 0.3) is 0 Å². The largest absolute Gasteiger partial charge is 0.252 e. The van der Waals surface area contributed by atoms with E-state index in [9.17, 15) is 0 Å². The lowest BCUT2D eigenvalue weighted by atomic mass is 9.96. The van der Waals surface area contributed by atoms with Gasteiger partial charge < -0.3 is 0 Å². The number of fused-ring (bicyclic) bond motifs is 1. The molecule has 0 amide bonds. The molecule has 2 aromatic carbocycles. The van der Waals surface area contributed by atoms with Crippen LogP contribution in [0.3, 0.4) is 0 Å². The Bertz CT molecular complexity index is 841. The number of para-hydroxylation sites is 1. The molecule has 0 bridgehead atoms. The van der Waals surface area contributed by atoms with Crippen LogP contribution in [0.2, 0.25) is 0 Å². The average Bonchev–Trinajstić information content (AvgIpc) is 3.07. The standard InChI is InChI=1S/C21H22N2/c1-14-10-15(2)12-17(11-14)20-13-22-21-18(16-6-3-4-7-16)8-5-9-19(21)23-20/h5,8-13,16H,3-4,6-7H2,1-2H3. The highest BCUT2D eigenvalue weighted by Crippen LogP contribution is 2.37. The van der Waals surface area contributed by atoms with Crippen molar-refractivity contribution in [2.24, 2.45) is 0 Å². The lowest BCUT2D eigenvalue weighted by molar-refractivity contribution is 0.727. The van der Waals surface area contributed by atoms with Gasteiger partial charge in [0.1, 0.15) is 0 Å². The highest BCUT2D eigenvalue weighted by atomic mass is 14.8. The number of rotatable bonds is 2. The molecular formula is C21H22N2. The van der Waals surface area contributed by atoms with E-state index in [4.69, 9.17) is 9.97 Å². The van der Waals surface area contributed by atoms with Crippen molar-refractivity contribution < 1.29 is 0 Å². The van der Waals surface area contributed by atoms with Crippen LogP contribution >= 0.6 is 0 Å². The molecule has 2 heteroatoms. The number of hydrogen-bond acceptors (Lipinski definition) is 2. The van der Waals surface area contributed by atoms with Crippen LogP contribution in [-0.4, -0.2) is 9.97 Å². The Balaban J connectivity index is 1.82. The van der Waals surface area contributed by atoms with Crippen LogP contribution in [0.4, 0.5) is 0 Å². The number of nitrogens with zero attached hydrogens (tertiary/aromatic N) is 2. The summed E-state index contributed by atoms with van der Waals surface area (Å²) in [6, 6.07) is 13.0. The molecule has 1 aliphatic rings. The molecule has 23 heavy (non-hydrogen) atoms. The van der Waals surface area contributed by atoms with Crippen molar-refractivity contribution in [1.82, 2.24) is 9.97 Å². The number of benzene rings is 2. The third kappa shape index (κ3) is 2.74. The molecule has 0 saturated heterocycles. The van der Waals surface area contributed by atoms with E-state index in [1.807, 2.05) is 6.20 Å². The van der Waals surface area contributed by atoms with Gasteiger partial charge in [-0.2, -0.15) is 0 Å². The predicted molar refractivity (Wildman–Crippen MR) is 95.7 cm³/mol. The zero-order valence-corrected chi connectivity index (χ0v) is 13.8. The summed E-state index contributed by atoms with van der Waals surface area (Å²) in [6.45, 7) is 4.26. The van der Waals surface area contributed by atoms with Crippen LogP contribution in [0, 0.1) is 13.8 Å². The highest BCUT2D eigenvalue weighted by Gasteiger charge is 2.20. The Morgan fingerprint density at radius 2 is 1.70 bits per heavy atom. The van der Waals surface area contributed by atoms with Gasteiger partial charge in [0.2, 0.25) is 0 Å². The summed E-state index contributed by atoms with van der Waals surface area (Å²) < 4.78 is 0. The van der Waals surface area contributed by atoms with E-state index in [1.54, 1.807) is 0 Å². The summed E-state index contributed by atoms with van der Waals surface area (Å²) in [5, 5.41) is 0. The van der Waals surface area contributed by atoms with Gasteiger partial charge in [-0.05, 0) is 56.4 Å². The van der Waals surface area contributed by atoms with E-state index in [0.717, 1.165) is 22.3 Å². The fraction of sp³-hybridized carbons (Fsp3) is 0.333. The zero-order chi connectivity index (χ0) is 15.8. The van der Waals surface area contributed by atoms with E-state index in [-0.39, 0.29) is 0 Å². The summed E-state index contributed by atoms with van der Waals surface area (Å²) >= 11 is 0. The van der Waals surface area contributed by atoms with Crippen LogP contribution in [0.1, 0.15) is 48.3 Å². The van der Waals surface area contributed by atoms with Crippen LogP contribution in [0.5, 0.6) is 0 Å². The Hall–Kier alpha value is -2.22. The van der Waals surface area contributed by atoms with Gasteiger partial charge >= 0.3 is 0 Å². The molecule has 0 aliphatic heterocycles. The second-order valence-electron chi connectivity index (χ2n) is 6.83. The molecular weight excluding hydrogens is 280 g/mol. The van der Waals surface area contributed by atoms with Gasteiger partial charge in [-0.1, -0.05) is 42.2 Å². The molecule has 1 aromatic heterocycles. The number of hydrogen-bond donors (Lipinski definition) is 0. The molecule has 1 saturated carbocycles. The number of aryl methyl sites for hydroxylation is 2. The highest BCUT2D eigenvalue weighted by molar-refractivity contribution is 5.81. The predicted octanol–water partition coefficient (Wildman–Crippen LogP) is 5.57. The van der Waals surface area contributed by atoms with E-state index in [2.05, 4.69) is 50.2 Å². The lowest BCUT2D eigenvalue weighted by Crippen LogP contribution is -1.97. The van der Waals surface area contributed by atoms with E-state index >= 15 is 0 Å². The first-order valence-electron chi connectivity index (χ1n) is 8.55. The van der Waals surface area contributed by atoms with E-state index in [1.165, 1.54) is 42.4 Å². The number of aromatic nitrogens is 2. The van der Waals surface area contributed by atoms with Crippen molar-refractivity contribution in [2.45, 2.75) is 45.4 Å². The summed E-state index contributed by atoms with van der Waals surface area (Å²) in [5.41, 5.74) is 8.15. The maximum atomic E-state index is 4.90. The average molecular weight is 302 g/mol. The van der Waals surface area contributed by atoms with Gasteiger partial charge in [-0.15, -0.1) is 0 Å². The molecule has 0 unspecified atom stereocenters. The van der Waals surface area contributed by atoms with Crippen LogP contribution in [-0.2, 0) is 0 Å². The second-order valence-corrected chi connectivity index (χ2v) is 6.83. The normalized spacial score (nSPS) is 15.4. The third-order valence-electron chi connectivity index (χ3n) is 4.92. The van der Waals surface area contributed by atoms with Gasteiger partial charge in [-0.25, -0.2) is 4.98 Å². The van der Waals surface area contributed by atoms with Gasteiger partial charge in [0.15, 0.2) is 0 Å². The summed E-state index contributed by atoms with van der Waals surface area (Å²) in [5.74, 6) is 0.667. The fourth-order valence-corrected chi connectivity index (χ4v) is 3.89. The molecule has 3 aromatic rings.